The van der Waals surface area contributed by atoms with Crippen molar-refractivity contribution >= 4 is 16.8 Å². The van der Waals surface area contributed by atoms with E-state index in [0.717, 1.165) is 33.3 Å². The molecule has 1 aromatic heterocycles. The molecule has 0 bridgehead atoms. The van der Waals surface area contributed by atoms with Crippen molar-refractivity contribution in [1.82, 2.24) is 10.3 Å². The number of amides is 1. The molecule has 5 nitrogen and oxygen atoms in total. The van der Waals surface area contributed by atoms with Gasteiger partial charge in [0.1, 0.15) is 5.75 Å². The third-order valence-corrected chi connectivity index (χ3v) is 4.63. The van der Waals surface area contributed by atoms with E-state index in [0.29, 0.717) is 5.56 Å². The standard InChI is InChI=1S/C21H22N2O3/c1-13-4-7-16-11-17(21(25)23-20(16)14(13)2)12-22-19(24)10-15-5-8-18(26-3)9-6-15/h4-9,11H,10,12H2,1-3H3,(H,22,24)(H,23,25). The van der Waals surface area contributed by atoms with Gasteiger partial charge in [0.25, 0.3) is 5.56 Å². The Labute approximate surface area is 152 Å². The van der Waals surface area contributed by atoms with E-state index in [1.54, 1.807) is 7.11 Å². The van der Waals surface area contributed by atoms with Gasteiger partial charge in [-0.2, -0.15) is 0 Å². The monoisotopic (exact) mass is 350 g/mol. The molecule has 134 valence electrons. The van der Waals surface area contributed by atoms with Crippen LogP contribution in [0.3, 0.4) is 0 Å². The first kappa shape index (κ1) is 17.7. The van der Waals surface area contributed by atoms with Crippen molar-refractivity contribution in [2.24, 2.45) is 0 Å². The molecule has 2 N–H and O–H groups in total. The predicted octanol–water partition coefficient (Wildman–Crippen LogP) is 3.01. The van der Waals surface area contributed by atoms with Crippen LogP contribution in [0.15, 0.2) is 47.3 Å². The molecule has 1 heterocycles. The summed E-state index contributed by atoms with van der Waals surface area (Å²) in [4.78, 5) is 27.4. The number of rotatable bonds is 5. The molecule has 3 aromatic rings. The number of hydrogen-bond acceptors (Lipinski definition) is 3. The number of H-pyrrole nitrogens is 1. The smallest absolute Gasteiger partial charge is 0.253 e. The van der Waals surface area contributed by atoms with Crippen molar-refractivity contribution in [3.63, 3.8) is 0 Å². The van der Waals surface area contributed by atoms with E-state index >= 15 is 0 Å². The summed E-state index contributed by atoms with van der Waals surface area (Å²) in [7, 11) is 1.60. The second-order valence-corrected chi connectivity index (χ2v) is 6.40. The molecule has 0 fully saturated rings. The van der Waals surface area contributed by atoms with E-state index < -0.39 is 0 Å². The molecule has 0 saturated heterocycles. The average molecular weight is 350 g/mol. The lowest BCUT2D eigenvalue weighted by atomic mass is 10.0. The molecule has 3 rings (SSSR count). The van der Waals surface area contributed by atoms with E-state index in [1.807, 2.05) is 56.3 Å². The molecule has 0 unspecified atom stereocenters. The highest BCUT2D eigenvalue weighted by molar-refractivity contribution is 5.83. The van der Waals surface area contributed by atoms with Gasteiger partial charge in [-0.05, 0) is 54.1 Å². The third-order valence-electron chi connectivity index (χ3n) is 4.63. The SMILES string of the molecule is COc1ccc(CC(=O)NCc2cc3ccc(C)c(C)c3[nH]c2=O)cc1. The van der Waals surface area contributed by atoms with Crippen LogP contribution in [-0.2, 0) is 17.8 Å². The van der Waals surface area contributed by atoms with E-state index in [1.165, 1.54) is 0 Å². The zero-order valence-electron chi connectivity index (χ0n) is 15.2. The lowest BCUT2D eigenvalue weighted by molar-refractivity contribution is -0.120. The average Bonchev–Trinajstić information content (AvgIpc) is 2.64. The van der Waals surface area contributed by atoms with Crippen molar-refractivity contribution < 1.29 is 9.53 Å². The lowest BCUT2D eigenvalue weighted by Crippen LogP contribution is -2.28. The summed E-state index contributed by atoms with van der Waals surface area (Å²) in [5.41, 5.74) is 4.31. The summed E-state index contributed by atoms with van der Waals surface area (Å²) in [6, 6.07) is 13.2. The van der Waals surface area contributed by atoms with Gasteiger partial charge in [-0.25, -0.2) is 0 Å². The van der Waals surface area contributed by atoms with Crippen LogP contribution in [0.25, 0.3) is 10.9 Å². The van der Waals surface area contributed by atoms with Crippen molar-refractivity contribution in [2.45, 2.75) is 26.8 Å². The zero-order valence-corrected chi connectivity index (χ0v) is 15.2. The van der Waals surface area contributed by atoms with Crippen LogP contribution in [-0.4, -0.2) is 18.0 Å². The van der Waals surface area contributed by atoms with Gasteiger partial charge >= 0.3 is 0 Å². The third kappa shape index (κ3) is 3.77. The summed E-state index contributed by atoms with van der Waals surface area (Å²) in [6.07, 6.45) is 0.258. The lowest BCUT2D eigenvalue weighted by Gasteiger charge is -2.09. The fraction of sp³-hybridized carbons (Fsp3) is 0.238. The molecule has 1 amide bonds. The van der Waals surface area contributed by atoms with Gasteiger partial charge in [0.15, 0.2) is 0 Å². The first-order valence-corrected chi connectivity index (χ1v) is 8.49. The second-order valence-electron chi connectivity index (χ2n) is 6.40. The zero-order chi connectivity index (χ0) is 18.7. The second kappa shape index (κ2) is 7.44. The number of ether oxygens (including phenoxy) is 1. The van der Waals surface area contributed by atoms with Crippen LogP contribution in [0.4, 0.5) is 0 Å². The van der Waals surface area contributed by atoms with Crippen molar-refractivity contribution in [1.29, 1.82) is 0 Å². The number of carbonyl (C=O) groups excluding carboxylic acids is 1. The molecule has 0 radical (unpaired) electrons. The molecule has 0 aliphatic heterocycles. The van der Waals surface area contributed by atoms with Crippen molar-refractivity contribution in [3.05, 3.63) is 75.1 Å². The number of fused-ring (bicyclic) bond motifs is 1. The molecule has 0 saturated carbocycles. The topological polar surface area (TPSA) is 71.2 Å². The van der Waals surface area contributed by atoms with Gasteiger partial charge in [0.05, 0.1) is 19.0 Å². The molecule has 2 aromatic carbocycles. The van der Waals surface area contributed by atoms with E-state index in [4.69, 9.17) is 4.74 Å². The maximum absolute atomic E-state index is 12.3. The Morgan fingerprint density at radius 3 is 2.54 bits per heavy atom. The molecule has 0 aliphatic carbocycles. The number of benzene rings is 2. The molecule has 26 heavy (non-hydrogen) atoms. The summed E-state index contributed by atoms with van der Waals surface area (Å²) in [6.45, 7) is 4.21. The maximum atomic E-state index is 12.3. The van der Waals surface area contributed by atoms with E-state index in [2.05, 4.69) is 10.3 Å². The van der Waals surface area contributed by atoms with Crippen LogP contribution in [0, 0.1) is 13.8 Å². The Bertz CT molecular complexity index is 1000. The van der Waals surface area contributed by atoms with Gasteiger partial charge in [0.2, 0.25) is 5.91 Å². The van der Waals surface area contributed by atoms with E-state index in [-0.39, 0.29) is 24.4 Å². The number of carbonyl (C=O) groups is 1. The number of pyridine rings is 1. The molecular weight excluding hydrogens is 328 g/mol. The van der Waals surface area contributed by atoms with Gasteiger partial charge in [-0.1, -0.05) is 24.3 Å². The maximum Gasteiger partial charge on any atom is 0.253 e. The fourth-order valence-electron chi connectivity index (χ4n) is 2.89. The summed E-state index contributed by atoms with van der Waals surface area (Å²) in [5, 5.41) is 3.78. The molecule has 0 atom stereocenters. The number of aromatic amines is 1. The highest BCUT2D eigenvalue weighted by atomic mass is 16.5. The minimum atomic E-state index is -0.170. The quantitative estimate of drug-likeness (QED) is 0.743. The molecular formula is C21H22N2O3. The number of hydrogen-bond donors (Lipinski definition) is 2. The van der Waals surface area contributed by atoms with Gasteiger partial charge in [-0.3, -0.25) is 9.59 Å². The van der Waals surface area contributed by atoms with Crippen LogP contribution >= 0.6 is 0 Å². The number of nitrogens with one attached hydrogen (secondary N) is 2. The highest BCUT2D eigenvalue weighted by Crippen LogP contribution is 2.18. The van der Waals surface area contributed by atoms with Crippen molar-refractivity contribution in [3.8, 4) is 5.75 Å². The predicted molar refractivity (Wildman–Crippen MR) is 103 cm³/mol. The Morgan fingerprint density at radius 1 is 1.12 bits per heavy atom. The van der Waals surface area contributed by atoms with Crippen LogP contribution < -0.4 is 15.6 Å². The van der Waals surface area contributed by atoms with Gasteiger partial charge < -0.3 is 15.0 Å². The number of aryl methyl sites for hydroxylation is 2. The first-order valence-electron chi connectivity index (χ1n) is 8.49. The molecule has 5 heteroatoms. The Kier molecular flexibility index (Phi) is 5.07. The molecule has 0 spiro atoms. The van der Waals surface area contributed by atoms with Crippen LogP contribution in [0.5, 0.6) is 5.75 Å². The van der Waals surface area contributed by atoms with Crippen LogP contribution in [0.1, 0.15) is 22.3 Å². The largest absolute Gasteiger partial charge is 0.497 e. The number of methoxy groups -OCH3 is 1. The minimum Gasteiger partial charge on any atom is -0.497 e. The van der Waals surface area contributed by atoms with Gasteiger partial charge in [-0.15, -0.1) is 0 Å². The summed E-state index contributed by atoms with van der Waals surface area (Å²) >= 11 is 0. The Balaban J connectivity index is 1.70. The number of aromatic nitrogens is 1. The Morgan fingerprint density at radius 2 is 1.85 bits per heavy atom. The van der Waals surface area contributed by atoms with Crippen LogP contribution in [0.2, 0.25) is 0 Å². The molecule has 0 aliphatic rings. The summed E-state index contributed by atoms with van der Waals surface area (Å²) < 4.78 is 5.10. The van der Waals surface area contributed by atoms with Crippen molar-refractivity contribution in [2.75, 3.05) is 7.11 Å². The van der Waals surface area contributed by atoms with E-state index in [9.17, 15) is 9.59 Å². The normalized spacial score (nSPS) is 10.7. The highest BCUT2D eigenvalue weighted by Gasteiger charge is 2.09. The fourth-order valence-corrected chi connectivity index (χ4v) is 2.89. The summed E-state index contributed by atoms with van der Waals surface area (Å²) in [5.74, 6) is 0.622. The first-order chi connectivity index (χ1) is 12.5. The van der Waals surface area contributed by atoms with Gasteiger partial charge in [0, 0.05) is 12.1 Å². The minimum absolute atomic E-state index is 0.130. The Hall–Kier alpha value is -3.08.